The second kappa shape index (κ2) is 10.5. The normalized spacial score (nSPS) is 10.5. The maximum absolute atomic E-state index is 12.9. The van der Waals surface area contributed by atoms with Gasteiger partial charge >= 0.3 is 0 Å². The minimum absolute atomic E-state index is 0.273. The van der Waals surface area contributed by atoms with Gasteiger partial charge in [-0.3, -0.25) is 19.6 Å². The van der Waals surface area contributed by atoms with E-state index >= 15 is 0 Å². The highest BCUT2D eigenvalue weighted by Crippen LogP contribution is 2.30. The summed E-state index contributed by atoms with van der Waals surface area (Å²) in [6.07, 6.45) is 2.66. The maximum atomic E-state index is 12.9. The molecule has 3 rings (SSSR count). The van der Waals surface area contributed by atoms with Crippen LogP contribution in [-0.2, 0) is 13.1 Å². The lowest BCUT2D eigenvalue weighted by molar-refractivity contribution is 0.101. The number of aldehydes is 1. The van der Waals surface area contributed by atoms with Crippen LogP contribution >= 0.6 is 0 Å². The second-order valence-corrected chi connectivity index (χ2v) is 6.59. The Bertz CT molecular complexity index is 1020. The lowest BCUT2D eigenvalue weighted by Crippen LogP contribution is -2.20. The molecule has 2 heterocycles. The number of benzene rings is 1. The number of carbonyl (C=O) groups excluding carboxylic acids is 2. The largest absolute Gasteiger partial charge is 0.494 e. The van der Waals surface area contributed by atoms with E-state index in [1.807, 2.05) is 18.4 Å². The Balaban J connectivity index is 0.00000155. The van der Waals surface area contributed by atoms with Crippen molar-refractivity contribution < 1.29 is 14.3 Å². The van der Waals surface area contributed by atoms with Gasteiger partial charge in [0.05, 0.1) is 18.3 Å². The van der Waals surface area contributed by atoms with Crippen molar-refractivity contribution in [2.75, 3.05) is 19.5 Å². The van der Waals surface area contributed by atoms with Crippen LogP contribution in [0.25, 0.3) is 11.0 Å². The number of nitrogens with two attached hydrogens (primary N) is 1. The average molecular weight is 415 g/mol. The van der Waals surface area contributed by atoms with Crippen LogP contribution in [0.1, 0.15) is 53.2 Å². The Morgan fingerprint density at radius 3 is 2.60 bits per heavy atom. The van der Waals surface area contributed by atoms with Gasteiger partial charge in [-0.15, -0.1) is 0 Å². The third kappa shape index (κ3) is 4.68. The number of fused-ring (bicyclic) bond motifs is 1. The summed E-state index contributed by atoms with van der Waals surface area (Å²) in [6.45, 7) is 7.16. The number of imidazole rings is 1. The van der Waals surface area contributed by atoms with Gasteiger partial charge in [0.1, 0.15) is 23.2 Å². The fourth-order valence-electron chi connectivity index (χ4n) is 3.24. The molecule has 1 aromatic carbocycles. The fraction of sp³-hybridized carbons (Fsp3) is 0.429. The number of nitrogens with zero attached hydrogens (tertiary/aromatic N) is 4. The summed E-state index contributed by atoms with van der Waals surface area (Å²) in [7, 11) is 3.06. The van der Waals surface area contributed by atoms with E-state index in [4.69, 9.17) is 4.74 Å². The van der Waals surface area contributed by atoms with Crippen molar-refractivity contribution in [1.29, 1.82) is 0 Å². The number of unbranched alkanes of at least 4 members (excludes halogenated alkanes) is 1. The summed E-state index contributed by atoms with van der Waals surface area (Å²) in [5.41, 5.74) is 7.60. The molecule has 0 bridgehead atoms. The van der Waals surface area contributed by atoms with Gasteiger partial charge in [-0.05, 0) is 45.5 Å². The standard InChI is InChI=1S/C20H25N5O3.CH5N/c1-5-7-8-24-18-15(10-14(12-26)11-17(18)28-4)21-20(24)22-19(27)16-9-13(3)23-25(16)6-2;1-2/h9-12H,5-8H2,1-4H3,(H,21,22,27);2H2,1H3. The monoisotopic (exact) mass is 414 g/mol. The van der Waals surface area contributed by atoms with E-state index in [0.29, 0.717) is 41.6 Å². The Kier molecular flexibility index (Phi) is 8.11. The Labute approximate surface area is 176 Å². The van der Waals surface area contributed by atoms with Gasteiger partial charge in [0.15, 0.2) is 0 Å². The number of amides is 1. The summed E-state index contributed by atoms with van der Waals surface area (Å²) in [4.78, 5) is 28.7. The van der Waals surface area contributed by atoms with E-state index in [-0.39, 0.29) is 5.91 Å². The number of anilines is 1. The first-order chi connectivity index (χ1) is 14.5. The third-order valence-electron chi connectivity index (χ3n) is 4.58. The fourth-order valence-corrected chi connectivity index (χ4v) is 3.24. The molecule has 0 aliphatic heterocycles. The molecule has 9 nitrogen and oxygen atoms in total. The van der Waals surface area contributed by atoms with E-state index < -0.39 is 0 Å². The summed E-state index contributed by atoms with van der Waals surface area (Å²) >= 11 is 0. The molecule has 3 aromatic rings. The third-order valence-corrected chi connectivity index (χ3v) is 4.58. The average Bonchev–Trinajstić information content (AvgIpc) is 3.32. The molecular weight excluding hydrogens is 384 g/mol. The number of rotatable bonds is 8. The summed E-state index contributed by atoms with van der Waals surface area (Å²) in [5.74, 6) is 0.708. The van der Waals surface area contributed by atoms with Gasteiger partial charge in [-0.25, -0.2) is 4.98 Å². The summed E-state index contributed by atoms with van der Waals surface area (Å²) in [5, 5.41) is 7.24. The summed E-state index contributed by atoms with van der Waals surface area (Å²) in [6, 6.07) is 5.13. The van der Waals surface area contributed by atoms with Gasteiger partial charge in [0.25, 0.3) is 5.91 Å². The number of hydrogen-bond donors (Lipinski definition) is 2. The van der Waals surface area contributed by atoms with Crippen LogP contribution in [0, 0.1) is 6.92 Å². The molecule has 0 radical (unpaired) electrons. The minimum Gasteiger partial charge on any atom is -0.494 e. The Morgan fingerprint density at radius 2 is 2.00 bits per heavy atom. The topological polar surface area (TPSA) is 117 Å². The van der Waals surface area contributed by atoms with Gasteiger partial charge < -0.3 is 15.0 Å². The first-order valence-corrected chi connectivity index (χ1v) is 9.99. The molecular formula is C21H30N6O3. The quantitative estimate of drug-likeness (QED) is 0.547. The van der Waals surface area contributed by atoms with Crippen molar-refractivity contribution in [1.82, 2.24) is 19.3 Å². The van der Waals surface area contributed by atoms with Crippen LogP contribution in [0.2, 0.25) is 0 Å². The van der Waals surface area contributed by atoms with Gasteiger partial charge in [0, 0.05) is 18.7 Å². The van der Waals surface area contributed by atoms with Gasteiger partial charge in [0.2, 0.25) is 5.95 Å². The number of methoxy groups -OCH3 is 1. The van der Waals surface area contributed by atoms with Crippen LogP contribution in [0.3, 0.4) is 0 Å². The van der Waals surface area contributed by atoms with E-state index in [1.54, 1.807) is 30.0 Å². The highest BCUT2D eigenvalue weighted by Gasteiger charge is 2.20. The second-order valence-electron chi connectivity index (χ2n) is 6.59. The van der Waals surface area contributed by atoms with Crippen LogP contribution in [-0.4, -0.2) is 45.7 Å². The first-order valence-electron chi connectivity index (χ1n) is 9.99. The lowest BCUT2D eigenvalue weighted by Gasteiger charge is -2.12. The van der Waals surface area contributed by atoms with Crippen LogP contribution in [0.5, 0.6) is 5.75 Å². The lowest BCUT2D eigenvalue weighted by atomic mass is 10.2. The van der Waals surface area contributed by atoms with Gasteiger partial charge in [-0.2, -0.15) is 5.10 Å². The molecule has 0 spiro atoms. The predicted octanol–water partition coefficient (Wildman–Crippen LogP) is 3.01. The van der Waals surface area contributed by atoms with E-state index in [9.17, 15) is 9.59 Å². The van der Waals surface area contributed by atoms with Crippen molar-refractivity contribution in [3.63, 3.8) is 0 Å². The zero-order valence-corrected chi connectivity index (χ0v) is 18.2. The number of ether oxygens (including phenoxy) is 1. The van der Waals surface area contributed by atoms with Crippen LogP contribution < -0.4 is 15.8 Å². The number of nitrogens with one attached hydrogen (secondary N) is 1. The molecule has 0 atom stereocenters. The first kappa shape index (κ1) is 23.1. The molecule has 0 unspecified atom stereocenters. The highest BCUT2D eigenvalue weighted by molar-refractivity contribution is 6.03. The van der Waals surface area contributed by atoms with Crippen molar-refractivity contribution in [3.8, 4) is 5.75 Å². The molecule has 0 saturated heterocycles. The molecule has 30 heavy (non-hydrogen) atoms. The molecule has 2 aromatic heterocycles. The molecule has 0 fully saturated rings. The minimum atomic E-state index is -0.273. The van der Waals surface area contributed by atoms with Crippen molar-refractivity contribution in [2.45, 2.75) is 46.7 Å². The molecule has 9 heteroatoms. The van der Waals surface area contributed by atoms with Crippen molar-refractivity contribution in [3.05, 3.63) is 35.2 Å². The zero-order valence-electron chi connectivity index (χ0n) is 18.2. The maximum Gasteiger partial charge on any atom is 0.276 e. The molecule has 0 aliphatic rings. The van der Waals surface area contributed by atoms with E-state index in [1.165, 1.54) is 7.05 Å². The van der Waals surface area contributed by atoms with E-state index in [0.717, 1.165) is 30.3 Å². The van der Waals surface area contributed by atoms with Crippen LogP contribution in [0.4, 0.5) is 5.95 Å². The highest BCUT2D eigenvalue weighted by atomic mass is 16.5. The van der Waals surface area contributed by atoms with Crippen LogP contribution in [0.15, 0.2) is 18.2 Å². The van der Waals surface area contributed by atoms with Crippen molar-refractivity contribution in [2.24, 2.45) is 5.73 Å². The number of aryl methyl sites for hydroxylation is 3. The molecule has 162 valence electrons. The number of hydrogen-bond acceptors (Lipinski definition) is 6. The Hall–Kier alpha value is -3.20. The zero-order chi connectivity index (χ0) is 22.3. The molecule has 0 aliphatic carbocycles. The summed E-state index contributed by atoms with van der Waals surface area (Å²) < 4.78 is 9.08. The smallest absolute Gasteiger partial charge is 0.276 e. The molecule has 3 N–H and O–H groups in total. The SMILES string of the molecule is CCCCn1c(NC(=O)c2cc(C)nn2CC)nc2cc(C=O)cc(OC)c21.CN. The van der Waals surface area contributed by atoms with Gasteiger partial charge in [-0.1, -0.05) is 13.3 Å². The number of aromatic nitrogens is 4. The molecule has 0 saturated carbocycles. The van der Waals surface area contributed by atoms with Crippen molar-refractivity contribution >= 4 is 29.2 Å². The number of carbonyl (C=O) groups is 2. The van der Waals surface area contributed by atoms with E-state index in [2.05, 4.69) is 28.1 Å². The Morgan fingerprint density at radius 1 is 1.27 bits per heavy atom. The molecule has 1 amide bonds. The predicted molar refractivity (Wildman–Crippen MR) is 117 cm³/mol.